The quantitative estimate of drug-likeness (QED) is 0.755. The van der Waals surface area contributed by atoms with Crippen LogP contribution in [0, 0.1) is 6.92 Å². The van der Waals surface area contributed by atoms with E-state index in [1.807, 2.05) is 31.2 Å². The smallest absolute Gasteiger partial charge is 0.252 e. The van der Waals surface area contributed by atoms with Crippen LogP contribution >= 0.6 is 23.1 Å². The lowest BCUT2D eigenvalue weighted by molar-refractivity contribution is 0.0905. The minimum Gasteiger partial charge on any atom is -0.378 e. The van der Waals surface area contributed by atoms with Crippen LogP contribution in [0.5, 0.6) is 0 Å². The summed E-state index contributed by atoms with van der Waals surface area (Å²) in [4.78, 5) is 18.0. The fourth-order valence-electron chi connectivity index (χ4n) is 2.72. The largest absolute Gasteiger partial charge is 0.378 e. The van der Waals surface area contributed by atoms with Gasteiger partial charge in [-0.25, -0.2) is 4.98 Å². The van der Waals surface area contributed by atoms with Crippen molar-refractivity contribution < 1.29 is 9.53 Å². The topological polar surface area (TPSA) is 51.2 Å². The van der Waals surface area contributed by atoms with E-state index in [0.717, 1.165) is 52.8 Å². The third kappa shape index (κ3) is 4.82. The maximum Gasteiger partial charge on any atom is 0.252 e. The molecular formula is C18H22N2O2S2. The van der Waals surface area contributed by atoms with E-state index in [2.05, 4.69) is 15.7 Å². The van der Waals surface area contributed by atoms with Crippen molar-refractivity contribution in [1.29, 1.82) is 0 Å². The van der Waals surface area contributed by atoms with E-state index >= 15 is 0 Å². The summed E-state index contributed by atoms with van der Waals surface area (Å²) < 4.78 is 5.59. The van der Waals surface area contributed by atoms with Gasteiger partial charge in [0.2, 0.25) is 0 Å². The molecule has 1 aromatic carbocycles. The third-order valence-corrected chi connectivity index (χ3v) is 5.88. The number of carbonyl (C=O) groups excluding carboxylic acids is 1. The predicted molar refractivity (Wildman–Crippen MR) is 98.8 cm³/mol. The minimum absolute atomic E-state index is 0.00875. The van der Waals surface area contributed by atoms with Crippen molar-refractivity contribution in [2.24, 2.45) is 0 Å². The van der Waals surface area contributed by atoms with E-state index in [9.17, 15) is 4.79 Å². The highest BCUT2D eigenvalue weighted by Gasteiger charge is 2.16. The molecule has 1 saturated heterocycles. The summed E-state index contributed by atoms with van der Waals surface area (Å²) in [5.41, 5.74) is 1.80. The Kier molecular flexibility index (Phi) is 6.29. The Bertz CT molecular complexity index is 681. The number of hydrogen-bond donors (Lipinski definition) is 1. The summed E-state index contributed by atoms with van der Waals surface area (Å²) in [6, 6.07) is 7.76. The molecular weight excluding hydrogens is 340 g/mol. The molecule has 1 aliphatic rings. The molecule has 1 unspecified atom stereocenters. The highest BCUT2D eigenvalue weighted by molar-refractivity contribution is 7.98. The molecule has 24 heavy (non-hydrogen) atoms. The molecule has 128 valence electrons. The van der Waals surface area contributed by atoms with Crippen molar-refractivity contribution in [3.05, 3.63) is 45.9 Å². The van der Waals surface area contributed by atoms with Gasteiger partial charge in [-0.1, -0.05) is 12.1 Å². The molecule has 0 aliphatic carbocycles. The van der Waals surface area contributed by atoms with E-state index < -0.39 is 0 Å². The Morgan fingerprint density at radius 3 is 3.08 bits per heavy atom. The SMILES string of the molecule is Cc1nc(CSc2ccccc2C(=O)NCCC2CCCO2)cs1. The van der Waals surface area contributed by atoms with Crippen molar-refractivity contribution in [2.75, 3.05) is 13.2 Å². The number of ether oxygens (including phenoxy) is 1. The van der Waals surface area contributed by atoms with E-state index in [4.69, 9.17) is 4.74 Å². The Balaban J connectivity index is 1.54. The normalized spacial score (nSPS) is 17.1. The van der Waals surface area contributed by atoms with Gasteiger partial charge in [-0.15, -0.1) is 23.1 Å². The molecule has 0 radical (unpaired) electrons. The number of nitrogens with zero attached hydrogens (tertiary/aromatic N) is 1. The van der Waals surface area contributed by atoms with Gasteiger partial charge < -0.3 is 10.1 Å². The molecule has 1 atom stereocenters. The maximum atomic E-state index is 12.5. The first-order chi connectivity index (χ1) is 11.7. The maximum absolute atomic E-state index is 12.5. The molecule has 2 heterocycles. The Morgan fingerprint density at radius 2 is 2.33 bits per heavy atom. The van der Waals surface area contributed by atoms with Crippen LogP contribution in [0.2, 0.25) is 0 Å². The van der Waals surface area contributed by atoms with Gasteiger partial charge in [-0.3, -0.25) is 4.79 Å². The first kappa shape index (κ1) is 17.5. The van der Waals surface area contributed by atoms with Crippen molar-refractivity contribution in [3.63, 3.8) is 0 Å². The molecule has 3 rings (SSSR count). The van der Waals surface area contributed by atoms with Gasteiger partial charge in [-0.05, 0) is 38.3 Å². The average molecular weight is 363 g/mol. The zero-order valence-electron chi connectivity index (χ0n) is 13.8. The van der Waals surface area contributed by atoms with Crippen molar-refractivity contribution in [1.82, 2.24) is 10.3 Å². The molecule has 0 spiro atoms. The lowest BCUT2D eigenvalue weighted by atomic mass is 10.1. The molecule has 1 N–H and O–H groups in total. The molecule has 1 aromatic heterocycles. The summed E-state index contributed by atoms with van der Waals surface area (Å²) in [5.74, 6) is 0.774. The van der Waals surface area contributed by atoms with Gasteiger partial charge in [0.15, 0.2) is 0 Å². The number of hydrogen-bond acceptors (Lipinski definition) is 5. The summed E-state index contributed by atoms with van der Waals surface area (Å²) >= 11 is 3.32. The molecule has 4 nitrogen and oxygen atoms in total. The molecule has 0 bridgehead atoms. The molecule has 1 fully saturated rings. The predicted octanol–water partition coefficient (Wildman–Crippen LogP) is 4.04. The van der Waals surface area contributed by atoms with Crippen molar-refractivity contribution >= 4 is 29.0 Å². The summed E-state index contributed by atoms with van der Waals surface area (Å²) in [7, 11) is 0. The fraction of sp³-hybridized carbons (Fsp3) is 0.444. The van der Waals surface area contributed by atoms with E-state index in [1.165, 1.54) is 0 Å². The standard InChI is InChI=1S/C18H22N2O2S2/c1-13-20-14(11-23-13)12-24-17-7-3-2-6-16(17)18(21)19-9-8-15-5-4-10-22-15/h2-3,6-7,11,15H,4-5,8-10,12H2,1H3,(H,19,21). The Hall–Kier alpha value is -1.37. The lowest BCUT2D eigenvalue weighted by Crippen LogP contribution is -2.27. The highest BCUT2D eigenvalue weighted by atomic mass is 32.2. The number of thioether (sulfide) groups is 1. The number of amides is 1. The Labute approximate surface area is 151 Å². The monoisotopic (exact) mass is 362 g/mol. The van der Waals surface area contributed by atoms with Crippen LogP contribution < -0.4 is 5.32 Å². The third-order valence-electron chi connectivity index (χ3n) is 3.95. The molecule has 0 saturated carbocycles. The van der Waals surface area contributed by atoms with Crippen LogP contribution in [0.4, 0.5) is 0 Å². The first-order valence-corrected chi connectivity index (χ1v) is 10.1. The van der Waals surface area contributed by atoms with Crippen molar-refractivity contribution in [3.8, 4) is 0 Å². The second-order valence-electron chi connectivity index (χ2n) is 5.82. The van der Waals surface area contributed by atoms with Crippen LogP contribution in [0.1, 0.15) is 40.3 Å². The molecule has 6 heteroatoms. The van der Waals surface area contributed by atoms with Crippen molar-refractivity contribution in [2.45, 2.75) is 42.9 Å². The van der Waals surface area contributed by atoms with E-state index in [0.29, 0.717) is 12.6 Å². The first-order valence-electron chi connectivity index (χ1n) is 8.25. The van der Waals surface area contributed by atoms with Crippen LogP contribution in [-0.4, -0.2) is 30.1 Å². The number of aromatic nitrogens is 1. The van der Waals surface area contributed by atoms with Gasteiger partial charge in [0.1, 0.15) is 0 Å². The lowest BCUT2D eigenvalue weighted by Gasteiger charge is -2.12. The van der Waals surface area contributed by atoms with Crippen LogP contribution in [-0.2, 0) is 10.5 Å². The van der Waals surface area contributed by atoms with E-state index in [-0.39, 0.29) is 5.91 Å². The van der Waals surface area contributed by atoms with Gasteiger partial charge >= 0.3 is 0 Å². The highest BCUT2D eigenvalue weighted by Crippen LogP contribution is 2.27. The van der Waals surface area contributed by atoms with Crippen LogP contribution in [0.3, 0.4) is 0 Å². The van der Waals surface area contributed by atoms with Gasteiger partial charge in [0, 0.05) is 29.2 Å². The second-order valence-corrected chi connectivity index (χ2v) is 7.90. The van der Waals surface area contributed by atoms with E-state index in [1.54, 1.807) is 23.1 Å². The Morgan fingerprint density at radius 1 is 1.46 bits per heavy atom. The number of carbonyl (C=O) groups is 1. The average Bonchev–Trinajstić information content (AvgIpc) is 3.25. The zero-order chi connectivity index (χ0) is 16.8. The molecule has 2 aromatic rings. The number of rotatable bonds is 7. The second kappa shape index (κ2) is 8.65. The number of aryl methyl sites for hydroxylation is 1. The number of benzene rings is 1. The van der Waals surface area contributed by atoms with Crippen LogP contribution in [0.15, 0.2) is 34.5 Å². The summed E-state index contributed by atoms with van der Waals surface area (Å²) in [6.07, 6.45) is 3.44. The van der Waals surface area contributed by atoms with Crippen LogP contribution in [0.25, 0.3) is 0 Å². The number of nitrogens with one attached hydrogen (secondary N) is 1. The van der Waals surface area contributed by atoms with Gasteiger partial charge in [0.05, 0.1) is 22.4 Å². The fourth-order valence-corrected chi connectivity index (χ4v) is 4.38. The summed E-state index contributed by atoms with van der Waals surface area (Å²) in [5, 5.41) is 6.17. The summed E-state index contributed by atoms with van der Waals surface area (Å²) in [6.45, 7) is 3.52. The molecule has 1 aliphatic heterocycles. The number of thiazole rings is 1. The van der Waals surface area contributed by atoms with Gasteiger partial charge in [-0.2, -0.15) is 0 Å². The zero-order valence-corrected chi connectivity index (χ0v) is 15.4. The molecule has 1 amide bonds. The minimum atomic E-state index is -0.00875. The van der Waals surface area contributed by atoms with Gasteiger partial charge in [0.25, 0.3) is 5.91 Å².